The molecule has 2 aliphatic rings. The summed E-state index contributed by atoms with van der Waals surface area (Å²) in [6, 6.07) is 6.37. The Bertz CT molecular complexity index is 703. The molecule has 5 nitrogen and oxygen atoms in total. The predicted octanol–water partition coefficient (Wildman–Crippen LogP) is 3.47. The van der Waals surface area contributed by atoms with Crippen LogP contribution < -0.4 is 9.47 Å². The zero-order chi connectivity index (χ0) is 17.3. The molecule has 0 radical (unpaired) electrons. The molecule has 2 atom stereocenters. The molecule has 1 aliphatic heterocycles. The highest BCUT2D eigenvalue weighted by atomic mass is 16.5. The summed E-state index contributed by atoms with van der Waals surface area (Å²) in [6.07, 6.45) is 2.50. The topological polar surface area (TPSA) is 63.8 Å². The van der Waals surface area contributed by atoms with Gasteiger partial charge in [0.05, 0.1) is 31.7 Å². The third-order valence-corrected chi connectivity index (χ3v) is 4.85. The molecule has 24 heavy (non-hydrogen) atoms. The van der Waals surface area contributed by atoms with Crippen LogP contribution in [0.2, 0.25) is 0 Å². The molecule has 5 heteroatoms. The number of benzene rings is 1. The van der Waals surface area contributed by atoms with Crippen LogP contribution in [0.1, 0.15) is 43.7 Å². The fourth-order valence-electron chi connectivity index (χ4n) is 3.69. The molecule has 128 valence electrons. The zero-order valence-electron chi connectivity index (χ0n) is 14.8. The summed E-state index contributed by atoms with van der Waals surface area (Å²) in [6.45, 7) is 4.75. The van der Waals surface area contributed by atoms with Gasteiger partial charge in [-0.05, 0) is 44.2 Å². The Balaban J connectivity index is 1.89. The van der Waals surface area contributed by atoms with E-state index in [-0.39, 0.29) is 17.4 Å². The van der Waals surface area contributed by atoms with Gasteiger partial charge < -0.3 is 14.2 Å². The first-order valence-electron chi connectivity index (χ1n) is 8.34. The zero-order valence-corrected chi connectivity index (χ0v) is 14.8. The van der Waals surface area contributed by atoms with Gasteiger partial charge in [-0.3, -0.25) is 0 Å². The number of aliphatic imine (C=N–C) groups is 1. The largest absolute Gasteiger partial charge is 0.493 e. The number of nitrogens with zero attached hydrogens (tertiary/aromatic N) is 2. The van der Waals surface area contributed by atoms with E-state index < -0.39 is 0 Å². The number of nitriles is 1. The monoisotopic (exact) mass is 328 g/mol. The van der Waals surface area contributed by atoms with Crippen molar-refractivity contribution in [2.75, 3.05) is 20.8 Å². The maximum Gasteiger partial charge on any atom is 0.184 e. The summed E-state index contributed by atoms with van der Waals surface area (Å²) >= 11 is 0. The lowest BCUT2D eigenvalue weighted by atomic mass is 9.74. The Morgan fingerprint density at radius 1 is 1.33 bits per heavy atom. The molecule has 0 N–H and O–H groups in total. The van der Waals surface area contributed by atoms with Crippen LogP contribution in [0.5, 0.6) is 11.5 Å². The van der Waals surface area contributed by atoms with Crippen molar-refractivity contribution in [3.05, 3.63) is 23.3 Å². The molecule has 1 aromatic rings. The molecule has 0 unspecified atom stereocenters. The maximum absolute atomic E-state index is 9.77. The third kappa shape index (κ3) is 2.93. The molecule has 3 rings (SSSR count). The Labute approximate surface area is 143 Å². The predicted molar refractivity (Wildman–Crippen MR) is 91.8 cm³/mol. The first kappa shape index (κ1) is 16.6. The van der Waals surface area contributed by atoms with Crippen molar-refractivity contribution < 1.29 is 14.2 Å². The van der Waals surface area contributed by atoms with E-state index in [9.17, 15) is 5.26 Å². The van der Waals surface area contributed by atoms with Crippen molar-refractivity contribution in [3.8, 4) is 17.6 Å². The Morgan fingerprint density at radius 3 is 2.71 bits per heavy atom. The average molecular weight is 328 g/mol. The van der Waals surface area contributed by atoms with Gasteiger partial charge in [0.25, 0.3) is 0 Å². The summed E-state index contributed by atoms with van der Waals surface area (Å²) in [5.74, 6) is 2.30. The highest BCUT2D eigenvalue weighted by Crippen LogP contribution is 2.45. The number of hydrogen-bond donors (Lipinski definition) is 0. The number of hydrogen-bond acceptors (Lipinski definition) is 5. The lowest BCUT2D eigenvalue weighted by Crippen LogP contribution is -2.23. The lowest BCUT2D eigenvalue weighted by molar-refractivity contribution is 0.266. The molecular weight excluding hydrogens is 304 g/mol. The fourth-order valence-corrected chi connectivity index (χ4v) is 3.69. The number of fused-ring (bicyclic) bond motifs is 1. The quantitative estimate of drug-likeness (QED) is 0.849. The second-order valence-corrected chi connectivity index (χ2v) is 7.09. The van der Waals surface area contributed by atoms with E-state index in [4.69, 9.17) is 14.2 Å². The first-order chi connectivity index (χ1) is 11.5. The molecule has 1 aromatic carbocycles. The van der Waals surface area contributed by atoms with Gasteiger partial charge in [0.2, 0.25) is 0 Å². The van der Waals surface area contributed by atoms with Gasteiger partial charge in [-0.2, -0.15) is 5.26 Å². The van der Waals surface area contributed by atoms with E-state index >= 15 is 0 Å². The third-order valence-electron chi connectivity index (χ3n) is 4.85. The minimum absolute atomic E-state index is 0.152. The van der Waals surface area contributed by atoms with Gasteiger partial charge in [-0.15, -0.1) is 0 Å². The minimum Gasteiger partial charge on any atom is -0.493 e. The van der Waals surface area contributed by atoms with Crippen molar-refractivity contribution in [2.45, 2.75) is 44.6 Å². The first-order valence-corrected chi connectivity index (χ1v) is 8.34. The number of methoxy groups -OCH3 is 2. The summed E-state index contributed by atoms with van der Waals surface area (Å²) in [5, 5.41) is 9.77. The van der Waals surface area contributed by atoms with E-state index in [1.807, 2.05) is 12.1 Å². The van der Waals surface area contributed by atoms with E-state index in [0.717, 1.165) is 47.8 Å². The van der Waals surface area contributed by atoms with Crippen LogP contribution in [0.3, 0.4) is 0 Å². The molecule has 0 spiro atoms. The van der Waals surface area contributed by atoms with Crippen molar-refractivity contribution in [1.82, 2.24) is 0 Å². The Hall–Kier alpha value is -2.22. The van der Waals surface area contributed by atoms with Gasteiger partial charge in [0.15, 0.2) is 17.4 Å². The molecule has 0 amide bonds. The minimum atomic E-state index is -0.177. The van der Waals surface area contributed by atoms with Gasteiger partial charge in [0.1, 0.15) is 6.61 Å². The van der Waals surface area contributed by atoms with Gasteiger partial charge in [-0.25, -0.2) is 4.99 Å². The van der Waals surface area contributed by atoms with Gasteiger partial charge in [0, 0.05) is 12.0 Å². The van der Waals surface area contributed by atoms with Crippen LogP contribution in [0.25, 0.3) is 0 Å². The van der Waals surface area contributed by atoms with Crippen molar-refractivity contribution in [2.24, 2.45) is 10.9 Å². The van der Waals surface area contributed by atoms with Crippen LogP contribution in [0.15, 0.2) is 17.1 Å². The van der Waals surface area contributed by atoms with E-state index in [0.29, 0.717) is 6.61 Å². The van der Waals surface area contributed by atoms with Gasteiger partial charge >= 0.3 is 0 Å². The molecule has 0 saturated heterocycles. The Kier molecular flexibility index (Phi) is 4.40. The van der Waals surface area contributed by atoms with E-state index in [2.05, 4.69) is 24.9 Å². The van der Waals surface area contributed by atoms with Crippen LogP contribution >= 0.6 is 0 Å². The van der Waals surface area contributed by atoms with Crippen LogP contribution in [0.4, 0.5) is 0 Å². The maximum atomic E-state index is 9.77. The highest BCUT2D eigenvalue weighted by molar-refractivity contribution is 5.78. The van der Waals surface area contributed by atoms with Crippen LogP contribution in [-0.4, -0.2) is 32.3 Å². The van der Waals surface area contributed by atoms with Crippen LogP contribution in [0, 0.1) is 17.2 Å². The highest BCUT2D eigenvalue weighted by Gasteiger charge is 2.35. The average Bonchev–Trinajstić information content (AvgIpc) is 2.91. The van der Waals surface area contributed by atoms with E-state index in [1.165, 1.54) is 0 Å². The molecular formula is C19H24N2O3. The lowest BCUT2D eigenvalue weighted by Gasteiger charge is -2.30. The van der Waals surface area contributed by atoms with Crippen LogP contribution in [-0.2, 0) is 11.2 Å². The van der Waals surface area contributed by atoms with E-state index in [1.54, 1.807) is 14.2 Å². The SMILES string of the molecule is COc1ccc2c(c1OC)CC[C@H](CC1=NC(C)(C)CO1)[C@H]2C#N. The summed E-state index contributed by atoms with van der Waals surface area (Å²) < 4.78 is 16.7. The molecule has 0 bridgehead atoms. The van der Waals surface area contributed by atoms with Crippen molar-refractivity contribution in [1.29, 1.82) is 5.26 Å². The molecule has 0 fully saturated rings. The smallest absolute Gasteiger partial charge is 0.184 e. The normalized spacial score (nSPS) is 24.4. The molecule has 1 heterocycles. The standard InChI is InChI=1S/C19H24N2O3/c1-19(2)11-24-17(21-19)9-12-5-6-14-13(15(12)10-20)7-8-16(22-3)18(14)23-4/h7-8,12,15H,5-6,9,11H2,1-4H3/t12-,15-/m1/s1. The van der Waals surface area contributed by atoms with Crippen molar-refractivity contribution >= 4 is 5.90 Å². The Morgan fingerprint density at radius 2 is 2.12 bits per heavy atom. The molecule has 0 saturated carbocycles. The summed E-state index contributed by atoms with van der Waals surface area (Å²) in [4.78, 5) is 4.64. The summed E-state index contributed by atoms with van der Waals surface area (Å²) in [5.41, 5.74) is 1.99. The number of ether oxygens (including phenoxy) is 3. The van der Waals surface area contributed by atoms with Gasteiger partial charge in [-0.1, -0.05) is 6.07 Å². The number of rotatable bonds is 4. The van der Waals surface area contributed by atoms with Crippen molar-refractivity contribution in [3.63, 3.8) is 0 Å². The summed E-state index contributed by atoms with van der Waals surface area (Å²) in [7, 11) is 3.28. The second-order valence-electron chi connectivity index (χ2n) is 7.09. The molecule has 0 aromatic heterocycles. The fraction of sp³-hybridized carbons (Fsp3) is 0.579. The second kappa shape index (κ2) is 6.35. The molecule has 1 aliphatic carbocycles.